The minimum atomic E-state index is -0.0932. The molecule has 0 unspecified atom stereocenters. The predicted molar refractivity (Wildman–Crippen MR) is 72.1 cm³/mol. The number of nitrogens with zero attached hydrogens (tertiary/aromatic N) is 5. The largest absolute Gasteiger partial charge is 0.346 e. The van der Waals surface area contributed by atoms with Crippen LogP contribution in [0.2, 0.25) is 0 Å². The van der Waals surface area contributed by atoms with E-state index < -0.39 is 0 Å². The fourth-order valence-electron chi connectivity index (χ4n) is 1.98. The van der Waals surface area contributed by atoms with Crippen molar-refractivity contribution in [2.24, 2.45) is 0 Å². The van der Waals surface area contributed by atoms with Gasteiger partial charge in [-0.3, -0.25) is 14.5 Å². The van der Waals surface area contributed by atoms with Crippen molar-refractivity contribution >= 4 is 0 Å². The summed E-state index contributed by atoms with van der Waals surface area (Å²) in [4.78, 5) is 20.5. The molecule has 0 aliphatic rings. The molecule has 6 nitrogen and oxygen atoms in total. The van der Waals surface area contributed by atoms with Gasteiger partial charge in [-0.15, -0.1) is 0 Å². The van der Waals surface area contributed by atoms with Gasteiger partial charge in [-0.2, -0.15) is 5.10 Å². The predicted octanol–water partition coefficient (Wildman–Crippen LogP) is 1.59. The molecule has 0 N–H and O–H groups in total. The smallest absolute Gasteiger partial charge is 0.276 e. The van der Waals surface area contributed by atoms with E-state index in [1.807, 2.05) is 27.7 Å². The van der Waals surface area contributed by atoms with Crippen LogP contribution in [0.5, 0.6) is 0 Å². The van der Waals surface area contributed by atoms with Crippen LogP contribution >= 0.6 is 0 Å². The molecule has 6 heteroatoms. The molecule has 0 bridgehead atoms. The van der Waals surface area contributed by atoms with E-state index in [1.165, 1.54) is 4.68 Å². The Labute approximate surface area is 112 Å². The maximum atomic E-state index is 12.4. The molecule has 0 amide bonds. The van der Waals surface area contributed by atoms with Crippen LogP contribution < -0.4 is 5.69 Å². The maximum Gasteiger partial charge on any atom is 0.346 e. The number of aromatic nitrogens is 5. The van der Waals surface area contributed by atoms with Crippen molar-refractivity contribution in [2.45, 2.75) is 46.2 Å². The van der Waals surface area contributed by atoms with Crippen molar-refractivity contribution in [3.63, 3.8) is 0 Å². The maximum absolute atomic E-state index is 12.4. The third kappa shape index (κ3) is 2.72. The molecule has 0 radical (unpaired) electrons. The van der Waals surface area contributed by atoms with Crippen LogP contribution in [0.4, 0.5) is 0 Å². The molecular weight excluding hydrogens is 242 g/mol. The van der Waals surface area contributed by atoms with Crippen molar-refractivity contribution in [1.29, 1.82) is 0 Å². The number of rotatable bonds is 4. The second-order valence-electron chi connectivity index (χ2n) is 5.11. The fraction of sp³-hybridized carbons (Fsp3) is 0.538. The van der Waals surface area contributed by atoms with E-state index in [9.17, 15) is 4.79 Å². The highest BCUT2D eigenvalue weighted by Gasteiger charge is 2.18. The molecule has 0 fully saturated rings. The summed E-state index contributed by atoms with van der Waals surface area (Å²) in [5.74, 6) is 1.02. The molecule has 0 atom stereocenters. The van der Waals surface area contributed by atoms with Crippen LogP contribution in [0.3, 0.4) is 0 Å². The third-order valence-corrected chi connectivity index (χ3v) is 2.86. The van der Waals surface area contributed by atoms with Gasteiger partial charge in [-0.1, -0.05) is 13.8 Å². The molecular formula is C13H19N5O. The Morgan fingerprint density at radius 1 is 1.21 bits per heavy atom. The first-order valence-corrected chi connectivity index (χ1v) is 6.44. The highest BCUT2D eigenvalue weighted by atomic mass is 16.2. The molecule has 2 aromatic heterocycles. The first kappa shape index (κ1) is 13.5. The van der Waals surface area contributed by atoms with Crippen LogP contribution in [-0.2, 0) is 6.54 Å². The first-order chi connectivity index (χ1) is 9.00. The minimum absolute atomic E-state index is 0.0932. The van der Waals surface area contributed by atoms with E-state index in [4.69, 9.17) is 0 Å². The summed E-state index contributed by atoms with van der Waals surface area (Å²) >= 11 is 0. The molecule has 0 spiro atoms. The van der Waals surface area contributed by atoms with Gasteiger partial charge in [0.05, 0.1) is 18.4 Å². The third-order valence-electron chi connectivity index (χ3n) is 2.86. The average molecular weight is 261 g/mol. The Hall–Kier alpha value is -1.98. The van der Waals surface area contributed by atoms with Gasteiger partial charge in [0, 0.05) is 24.4 Å². The van der Waals surface area contributed by atoms with E-state index in [0.717, 1.165) is 11.5 Å². The summed E-state index contributed by atoms with van der Waals surface area (Å²) < 4.78 is 3.19. The van der Waals surface area contributed by atoms with Gasteiger partial charge in [0.2, 0.25) is 0 Å². The summed E-state index contributed by atoms with van der Waals surface area (Å²) in [6.45, 7) is 8.40. The van der Waals surface area contributed by atoms with Crippen molar-refractivity contribution in [1.82, 2.24) is 24.3 Å². The standard InChI is InChI=1S/C13H19N5O/c1-9(2)12-16-17(13(19)18(12)10(3)4)8-11-7-14-5-6-15-11/h5-7,9-10H,8H2,1-4H3. The lowest BCUT2D eigenvalue weighted by Crippen LogP contribution is -2.27. The zero-order valence-corrected chi connectivity index (χ0v) is 11.7. The van der Waals surface area contributed by atoms with Gasteiger partial charge >= 0.3 is 5.69 Å². The van der Waals surface area contributed by atoms with Crippen LogP contribution in [0.15, 0.2) is 23.4 Å². The highest BCUT2D eigenvalue weighted by molar-refractivity contribution is 4.99. The Balaban J connectivity index is 2.43. The molecule has 2 aromatic rings. The van der Waals surface area contributed by atoms with Gasteiger partial charge in [-0.05, 0) is 13.8 Å². The van der Waals surface area contributed by atoms with Gasteiger partial charge in [0.1, 0.15) is 5.82 Å². The summed E-state index contributed by atoms with van der Waals surface area (Å²) in [7, 11) is 0. The van der Waals surface area contributed by atoms with Crippen LogP contribution in [0.1, 0.15) is 51.2 Å². The normalized spacial score (nSPS) is 11.5. The van der Waals surface area contributed by atoms with Gasteiger partial charge < -0.3 is 0 Å². The van der Waals surface area contributed by atoms with Crippen molar-refractivity contribution in [3.05, 3.63) is 40.6 Å². The van der Waals surface area contributed by atoms with Crippen molar-refractivity contribution < 1.29 is 0 Å². The lowest BCUT2D eigenvalue weighted by molar-refractivity contribution is 0.530. The average Bonchev–Trinajstić information content (AvgIpc) is 2.68. The molecule has 0 aliphatic carbocycles. The summed E-state index contributed by atoms with van der Waals surface area (Å²) in [5.41, 5.74) is 0.637. The Morgan fingerprint density at radius 3 is 2.42 bits per heavy atom. The van der Waals surface area contributed by atoms with Crippen LogP contribution in [0, 0.1) is 0 Å². The van der Waals surface area contributed by atoms with E-state index in [1.54, 1.807) is 23.2 Å². The minimum Gasteiger partial charge on any atom is -0.276 e. The van der Waals surface area contributed by atoms with Gasteiger partial charge in [-0.25, -0.2) is 9.48 Å². The summed E-state index contributed by atoms with van der Waals surface area (Å²) in [6.07, 6.45) is 4.87. The van der Waals surface area contributed by atoms with Crippen LogP contribution in [-0.4, -0.2) is 24.3 Å². The summed E-state index contributed by atoms with van der Waals surface area (Å²) in [5, 5.41) is 4.43. The van der Waals surface area contributed by atoms with E-state index in [0.29, 0.717) is 6.54 Å². The molecule has 0 saturated heterocycles. The zero-order valence-electron chi connectivity index (χ0n) is 11.7. The van der Waals surface area contributed by atoms with Gasteiger partial charge in [0.25, 0.3) is 0 Å². The Bertz CT molecular complexity index is 597. The molecule has 0 aliphatic heterocycles. The lowest BCUT2D eigenvalue weighted by Gasteiger charge is -2.10. The van der Waals surface area contributed by atoms with Gasteiger partial charge in [0.15, 0.2) is 0 Å². The molecule has 2 heterocycles. The lowest BCUT2D eigenvalue weighted by atomic mass is 10.2. The zero-order chi connectivity index (χ0) is 14.0. The second-order valence-corrected chi connectivity index (χ2v) is 5.11. The fourth-order valence-corrected chi connectivity index (χ4v) is 1.98. The van der Waals surface area contributed by atoms with Crippen molar-refractivity contribution in [2.75, 3.05) is 0 Å². The van der Waals surface area contributed by atoms with E-state index in [-0.39, 0.29) is 17.6 Å². The summed E-state index contributed by atoms with van der Waals surface area (Å²) in [6, 6.07) is 0.0977. The molecule has 0 aromatic carbocycles. The number of hydrogen-bond acceptors (Lipinski definition) is 4. The quantitative estimate of drug-likeness (QED) is 0.838. The topological polar surface area (TPSA) is 65.6 Å². The Kier molecular flexibility index (Phi) is 3.78. The molecule has 0 saturated carbocycles. The number of hydrogen-bond donors (Lipinski definition) is 0. The monoisotopic (exact) mass is 261 g/mol. The molecule has 102 valence electrons. The van der Waals surface area contributed by atoms with E-state index >= 15 is 0 Å². The highest BCUT2D eigenvalue weighted by Crippen LogP contribution is 2.14. The molecule has 2 rings (SSSR count). The second kappa shape index (κ2) is 5.34. The van der Waals surface area contributed by atoms with Crippen molar-refractivity contribution in [3.8, 4) is 0 Å². The Morgan fingerprint density at radius 2 is 1.95 bits per heavy atom. The first-order valence-electron chi connectivity index (χ1n) is 6.44. The van der Waals surface area contributed by atoms with E-state index in [2.05, 4.69) is 15.1 Å². The SMILES string of the molecule is CC(C)c1nn(Cc2cnccn2)c(=O)n1C(C)C. The molecule has 19 heavy (non-hydrogen) atoms. The van der Waals surface area contributed by atoms with Crippen LogP contribution in [0.25, 0.3) is 0 Å².